The van der Waals surface area contributed by atoms with E-state index in [-0.39, 0.29) is 42.6 Å². The number of aliphatic hydroxyl groups excluding tert-OH is 1. The number of aryl methyl sites for hydroxylation is 1. The highest BCUT2D eigenvalue weighted by atomic mass is 127. The van der Waals surface area contributed by atoms with Crippen molar-refractivity contribution in [2.45, 2.75) is 25.9 Å². The number of halogens is 1. The molecule has 0 aliphatic carbocycles. The molecule has 3 N–H and O–H groups in total. The van der Waals surface area contributed by atoms with Gasteiger partial charge in [0.1, 0.15) is 11.9 Å². The van der Waals surface area contributed by atoms with E-state index in [1.807, 2.05) is 61.5 Å². The molecule has 0 saturated heterocycles. The largest absolute Gasteiger partial charge is 0.489 e. The van der Waals surface area contributed by atoms with Gasteiger partial charge in [-0.3, -0.25) is 4.99 Å². The van der Waals surface area contributed by atoms with Gasteiger partial charge in [-0.15, -0.1) is 24.0 Å². The van der Waals surface area contributed by atoms with Gasteiger partial charge in [0, 0.05) is 19.5 Å². The first-order valence-electron chi connectivity index (χ1n) is 8.96. The molecule has 0 aromatic heterocycles. The van der Waals surface area contributed by atoms with E-state index in [0.717, 1.165) is 11.3 Å². The van der Waals surface area contributed by atoms with Crippen LogP contribution in [0.25, 0.3) is 0 Å². The van der Waals surface area contributed by atoms with Crippen molar-refractivity contribution < 1.29 is 9.84 Å². The number of nitrogens with one attached hydrogen (secondary N) is 2. The van der Waals surface area contributed by atoms with Crippen LogP contribution in [0.5, 0.6) is 5.75 Å². The fraction of sp³-hybridized carbons (Fsp3) is 0.381. The predicted molar refractivity (Wildman–Crippen MR) is 122 cm³/mol. The lowest BCUT2D eigenvalue weighted by Gasteiger charge is -2.20. The van der Waals surface area contributed by atoms with Crippen LogP contribution in [0.3, 0.4) is 0 Å². The standard InChI is InChI=1S/C21H29N3O2.HI/c1-16-9-11-20(12-10-16)26-17(2)13-23-21(22-3)24-14-19(15-25)18-7-5-4-6-8-18;/h4-12,17,19,25H,13-15H2,1-3H3,(H2,22,23,24);1H. The van der Waals surface area contributed by atoms with Gasteiger partial charge in [0.15, 0.2) is 5.96 Å². The Morgan fingerprint density at radius 3 is 2.26 bits per heavy atom. The number of nitrogens with zero attached hydrogens (tertiary/aromatic N) is 1. The quantitative estimate of drug-likeness (QED) is 0.306. The number of aliphatic hydroxyl groups is 1. The molecule has 0 radical (unpaired) electrons. The van der Waals surface area contributed by atoms with Gasteiger partial charge in [-0.25, -0.2) is 0 Å². The molecule has 2 atom stereocenters. The minimum Gasteiger partial charge on any atom is -0.489 e. The van der Waals surface area contributed by atoms with Crippen molar-refractivity contribution >= 4 is 29.9 Å². The summed E-state index contributed by atoms with van der Waals surface area (Å²) in [5.41, 5.74) is 2.32. The van der Waals surface area contributed by atoms with E-state index in [2.05, 4.69) is 22.5 Å². The van der Waals surface area contributed by atoms with Crippen LogP contribution in [0.15, 0.2) is 59.6 Å². The Kier molecular flexibility index (Phi) is 10.8. The molecule has 5 nitrogen and oxygen atoms in total. The van der Waals surface area contributed by atoms with E-state index in [1.54, 1.807) is 7.05 Å². The Hall–Kier alpha value is -1.80. The van der Waals surface area contributed by atoms with Gasteiger partial charge in [0.25, 0.3) is 0 Å². The number of benzene rings is 2. The summed E-state index contributed by atoms with van der Waals surface area (Å²) >= 11 is 0. The second kappa shape index (κ2) is 12.6. The van der Waals surface area contributed by atoms with Crippen LogP contribution in [0.2, 0.25) is 0 Å². The van der Waals surface area contributed by atoms with E-state index in [9.17, 15) is 5.11 Å². The highest BCUT2D eigenvalue weighted by Crippen LogP contribution is 2.14. The van der Waals surface area contributed by atoms with Crippen molar-refractivity contribution in [2.24, 2.45) is 4.99 Å². The molecular weight excluding hydrogens is 453 g/mol. The van der Waals surface area contributed by atoms with Crippen LogP contribution in [0.4, 0.5) is 0 Å². The van der Waals surface area contributed by atoms with Crippen LogP contribution in [0, 0.1) is 6.92 Å². The zero-order valence-corrected chi connectivity index (χ0v) is 18.5. The van der Waals surface area contributed by atoms with Gasteiger partial charge in [0.2, 0.25) is 0 Å². The molecule has 0 aliphatic heterocycles. The molecule has 148 valence electrons. The molecule has 0 amide bonds. The third kappa shape index (κ3) is 8.17. The maximum absolute atomic E-state index is 9.65. The second-order valence-electron chi connectivity index (χ2n) is 6.37. The van der Waals surface area contributed by atoms with Crippen LogP contribution < -0.4 is 15.4 Å². The summed E-state index contributed by atoms with van der Waals surface area (Å²) in [7, 11) is 1.73. The molecule has 0 bridgehead atoms. The second-order valence-corrected chi connectivity index (χ2v) is 6.37. The number of aliphatic imine (C=N–C) groups is 1. The molecule has 0 fully saturated rings. The molecule has 0 heterocycles. The first-order chi connectivity index (χ1) is 12.6. The van der Waals surface area contributed by atoms with Crippen molar-refractivity contribution in [1.29, 1.82) is 0 Å². The normalized spacial score (nSPS) is 13.3. The first-order valence-corrected chi connectivity index (χ1v) is 8.96. The van der Waals surface area contributed by atoms with E-state index < -0.39 is 0 Å². The monoisotopic (exact) mass is 483 g/mol. The van der Waals surface area contributed by atoms with Crippen molar-refractivity contribution in [3.63, 3.8) is 0 Å². The van der Waals surface area contributed by atoms with Crippen LogP contribution in [-0.2, 0) is 0 Å². The summed E-state index contributed by atoms with van der Waals surface area (Å²) in [5, 5.41) is 16.2. The maximum atomic E-state index is 9.65. The van der Waals surface area contributed by atoms with E-state index in [1.165, 1.54) is 5.56 Å². The minimum absolute atomic E-state index is 0. The first kappa shape index (κ1) is 23.2. The van der Waals surface area contributed by atoms with Crippen molar-refractivity contribution in [3.05, 3.63) is 65.7 Å². The van der Waals surface area contributed by atoms with Gasteiger partial charge >= 0.3 is 0 Å². The zero-order valence-electron chi connectivity index (χ0n) is 16.2. The molecule has 0 spiro atoms. The lowest BCUT2D eigenvalue weighted by molar-refractivity contribution is 0.223. The highest BCUT2D eigenvalue weighted by molar-refractivity contribution is 14.0. The molecular formula is C21H30IN3O2. The smallest absolute Gasteiger partial charge is 0.191 e. The van der Waals surface area contributed by atoms with Crippen LogP contribution in [0.1, 0.15) is 24.0 Å². The molecule has 27 heavy (non-hydrogen) atoms. The summed E-state index contributed by atoms with van der Waals surface area (Å²) in [6, 6.07) is 18.0. The molecule has 2 aromatic rings. The van der Waals surface area contributed by atoms with Gasteiger partial charge in [-0.1, -0.05) is 48.0 Å². The Bertz CT molecular complexity index is 678. The van der Waals surface area contributed by atoms with Crippen molar-refractivity contribution in [2.75, 3.05) is 26.7 Å². The Labute approximate surface area is 179 Å². The number of guanidine groups is 1. The van der Waals surface area contributed by atoms with E-state index in [0.29, 0.717) is 19.0 Å². The molecule has 2 rings (SSSR count). The van der Waals surface area contributed by atoms with Crippen LogP contribution in [-0.4, -0.2) is 43.9 Å². The zero-order chi connectivity index (χ0) is 18.8. The summed E-state index contributed by atoms with van der Waals surface area (Å²) in [6.07, 6.45) is -0.000909. The topological polar surface area (TPSA) is 65.9 Å². The highest BCUT2D eigenvalue weighted by Gasteiger charge is 2.11. The van der Waals surface area contributed by atoms with E-state index in [4.69, 9.17) is 4.74 Å². The average Bonchev–Trinajstić information content (AvgIpc) is 2.67. The lowest BCUT2D eigenvalue weighted by Crippen LogP contribution is -2.43. The Morgan fingerprint density at radius 2 is 1.67 bits per heavy atom. The fourth-order valence-electron chi connectivity index (χ4n) is 2.58. The van der Waals surface area contributed by atoms with Crippen molar-refractivity contribution in [1.82, 2.24) is 10.6 Å². The Morgan fingerprint density at radius 1 is 1.04 bits per heavy atom. The average molecular weight is 483 g/mol. The number of rotatable bonds is 8. The third-order valence-corrected chi connectivity index (χ3v) is 4.15. The minimum atomic E-state index is -0.000909. The molecule has 0 saturated carbocycles. The van der Waals surface area contributed by atoms with Gasteiger partial charge in [-0.2, -0.15) is 0 Å². The summed E-state index contributed by atoms with van der Waals surface area (Å²) < 4.78 is 5.90. The maximum Gasteiger partial charge on any atom is 0.191 e. The fourth-order valence-corrected chi connectivity index (χ4v) is 2.58. The summed E-state index contributed by atoms with van der Waals surface area (Å²) in [5.74, 6) is 1.58. The van der Waals surface area contributed by atoms with Gasteiger partial charge in [-0.05, 0) is 31.5 Å². The van der Waals surface area contributed by atoms with Crippen LogP contribution >= 0.6 is 24.0 Å². The van der Waals surface area contributed by atoms with Crippen molar-refractivity contribution in [3.8, 4) is 5.75 Å². The number of ether oxygens (including phenoxy) is 1. The molecule has 0 aliphatic rings. The SMILES string of the molecule is CN=C(NCC(C)Oc1ccc(C)cc1)NCC(CO)c1ccccc1.I. The van der Waals surface area contributed by atoms with Gasteiger partial charge in [0.05, 0.1) is 13.2 Å². The lowest BCUT2D eigenvalue weighted by atomic mass is 10.0. The number of hydrogen-bond acceptors (Lipinski definition) is 3. The summed E-state index contributed by atoms with van der Waals surface area (Å²) in [4.78, 5) is 4.24. The summed E-state index contributed by atoms with van der Waals surface area (Å²) in [6.45, 7) is 5.39. The molecule has 2 unspecified atom stereocenters. The molecule has 2 aromatic carbocycles. The third-order valence-electron chi connectivity index (χ3n) is 4.15. The number of hydrogen-bond donors (Lipinski definition) is 3. The molecule has 6 heteroatoms. The van der Waals surface area contributed by atoms with E-state index >= 15 is 0 Å². The van der Waals surface area contributed by atoms with Gasteiger partial charge < -0.3 is 20.5 Å². The predicted octanol–water partition coefficient (Wildman–Crippen LogP) is 3.32. The Balaban J connectivity index is 0.00000364.